The molecule has 22 heteroatoms. The van der Waals surface area contributed by atoms with E-state index in [2.05, 4.69) is 63.7 Å². The molecule has 2 aliphatic rings. The number of aromatic carboxylic acids is 4. The Labute approximate surface area is 681 Å². The molecule has 16 bridgehead atoms. The molecular formula is C84H92Br4O16Rh2. The van der Waals surface area contributed by atoms with Gasteiger partial charge in [-0.15, -0.1) is 0 Å². The van der Waals surface area contributed by atoms with Crippen LogP contribution < -0.4 is 37.9 Å². The van der Waals surface area contributed by atoms with Crippen LogP contribution in [0.2, 0.25) is 0 Å². The number of rotatable bonds is 28. The molecule has 0 saturated heterocycles. The van der Waals surface area contributed by atoms with Gasteiger partial charge >= 0.3 is 23.9 Å². The van der Waals surface area contributed by atoms with Crippen LogP contribution in [0.4, 0.5) is 0 Å². The molecule has 0 aromatic heterocycles. The second kappa shape index (κ2) is 41.7. The fourth-order valence-electron chi connectivity index (χ4n) is 13.2. The summed E-state index contributed by atoms with van der Waals surface area (Å²) in [6.07, 6.45) is 8.87. The van der Waals surface area contributed by atoms with Crippen molar-refractivity contribution < 1.29 is 116 Å². The first kappa shape index (κ1) is 86.4. The summed E-state index contributed by atoms with van der Waals surface area (Å²) < 4.78 is 55.3. The number of carboxylic acid groups (broad SMARTS) is 4. The van der Waals surface area contributed by atoms with Crippen molar-refractivity contribution >= 4 is 87.6 Å². The maximum Gasteiger partial charge on any atom is 0.335 e. The van der Waals surface area contributed by atoms with E-state index in [-0.39, 0.29) is 61.2 Å². The Kier molecular flexibility index (Phi) is 34.0. The average Bonchev–Trinajstić information content (AvgIpc) is 0.776. The van der Waals surface area contributed by atoms with Crippen LogP contribution in [-0.4, -0.2) is 97.2 Å². The summed E-state index contributed by atoms with van der Waals surface area (Å²) in [7, 11) is 0. The third-order valence-electron chi connectivity index (χ3n) is 17.4. The average molecular weight is 1880 g/mol. The molecule has 0 atom stereocenters. The van der Waals surface area contributed by atoms with Crippen LogP contribution >= 0.6 is 63.7 Å². The van der Waals surface area contributed by atoms with Gasteiger partial charge in [0, 0.05) is 153 Å². The number of fused-ring (bicyclic) bond motifs is 16. The molecule has 0 aliphatic heterocycles. The van der Waals surface area contributed by atoms with Gasteiger partial charge in [0.05, 0.1) is 75.1 Å². The first-order chi connectivity index (χ1) is 50.1. The van der Waals surface area contributed by atoms with Crippen molar-refractivity contribution in [3.8, 4) is 46.0 Å². The number of carbonyl (C=O) groups is 4. The van der Waals surface area contributed by atoms with E-state index in [1.165, 1.54) is 0 Å². The van der Waals surface area contributed by atoms with E-state index in [0.717, 1.165) is 158 Å². The summed E-state index contributed by atoms with van der Waals surface area (Å²) in [6.45, 7) is 20.0. The summed E-state index contributed by atoms with van der Waals surface area (Å²) >= 11 is 14.9. The molecule has 2 aliphatic carbocycles. The maximum absolute atomic E-state index is 12.6. The van der Waals surface area contributed by atoms with Gasteiger partial charge in [-0.3, -0.25) is 0 Å². The fourth-order valence-corrected chi connectivity index (χ4v) is 15.4. The predicted octanol–water partition coefficient (Wildman–Crippen LogP) is 20.9. The Hall–Kier alpha value is -6.79. The van der Waals surface area contributed by atoms with E-state index in [1.54, 1.807) is 48.5 Å². The van der Waals surface area contributed by atoms with Crippen LogP contribution in [0.15, 0.2) is 115 Å². The minimum atomic E-state index is -1.03. The van der Waals surface area contributed by atoms with Crippen LogP contribution in [0.25, 0.3) is 0 Å². The zero-order valence-electron chi connectivity index (χ0n) is 61.1. The Balaban J connectivity index is 0.000000290. The quantitative estimate of drug-likeness (QED) is 0.0335. The van der Waals surface area contributed by atoms with Crippen molar-refractivity contribution in [3.05, 3.63) is 226 Å². The van der Waals surface area contributed by atoms with Gasteiger partial charge in [-0.05, 0) is 193 Å². The number of carboxylic acids is 4. The molecule has 0 unspecified atom stereocenters. The first-order valence-electron chi connectivity index (χ1n) is 36.0. The van der Waals surface area contributed by atoms with E-state index >= 15 is 0 Å². The van der Waals surface area contributed by atoms with Gasteiger partial charge in [0.1, 0.15) is 46.0 Å². The molecule has 570 valence electrons. The maximum atomic E-state index is 12.6. The minimum absolute atomic E-state index is 0. The van der Waals surface area contributed by atoms with Gasteiger partial charge < -0.3 is 58.3 Å². The van der Waals surface area contributed by atoms with Gasteiger partial charge in [0.15, 0.2) is 0 Å². The van der Waals surface area contributed by atoms with Crippen molar-refractivity contribution in [2.75, 3.05) is 52.9 Å². The standard InChI is InChI=1S/2C42H46Br2O8.2Rh/c2*1-5-9-49-37-25-13-29-21-35(43)23-31(39(29)51-11-7-3)15-27-19-34(42(47)48)20-28(38(27)50-10-6-2)16-32-24-36(44)22-30(40(32)52-12-8-4)14-26(37)18-33(17-25)41(45)46;;/h2*17-24H,5-16H2,1-4H3,(H,45,46)(H,47,48);;. The summed E-state index contributed by atoms with van der Waals surface area (Å²) in [5.74, 6) is 1.19. The van der Waals surface area contributed by atoms with E-state index in [1.807, 2.05) is 104 Å². The van der Waals surface area contributed by atoms with Crippen LogP contribution in [-0.2, 0) is 90.3 Å². The molecular weight excluding hydrogens is 1790 g/mol. The molecule has 8 aromatic rings. The molecule has 0 fully saturated rings. The van der Waals surface area contributed by atoms with Crippen molar-refractivity contribution in [1.29, 1.82) is 0 Å². The SMILES string of the molecule is CCCOc1c2cc(Br)cc1Cc1cc(C(=O)O)cc(c1OCCC)Cc1cc(Br)cc(c1OCCC)Cc1cc(C(=O)O)cc(c1OCCC)C2.CCCOc1c2cc(Br)cc1Cc1cc(C(=O)O)cc(c1OCCC)Cc1cc(Br)cc(c1OCCC)Cc1cc(C(=O)O)cc(c1OCCC)C2.[Rh].[Rh]. The topological polar surface area (TPSA) is 223 Å². The molecule has 0 amide bonds. The summed E-state index contributed by atoms with van der Waals surface area (Å²) in [5, 5.41) is 41.3. The summed E-state index contributed by atoms with van der Waals surface area (Å²) in [5.41, 5.74) is 13.3. The molecule has 106 heavy (non-hydrogen) atoms. The number of ether oxygens (including phenoxy) is 8. The molecule has 4 N–H and O–H groups in total. The molecule has 0 spiro atoms. The van der Waals surface area contributed by atoms with Crippen LogP contribution in [0.3, 0.4) is 0 Å². The number of hydrogen-bond acceptors (Lipinski definition) is 12. The number of halogens is 4. The van der Waals surface area contributed by atoms with Gasteiger partial charge in [0.25, 0.3) is 0 Å². The third-order valence-corrected chi connectivity index (χ3v) is 19.3. The smallest absolute Gasteiger partial charge is 0.335 e. The van der Waals surface area contributed by atoms with Gasteiger partial charge in [0.2, 0.25) is 0 Å². The monoisotopic (exact) mass is 1880 g/mol. The zero-order valence-corrected chi connectivity index (χ0v) is 70.7. The minimum Gasteiger partial charge on any atom is -0.493 e. The van der Waals surface area contributed by atoms with Crippen molar-refractivity contribution in [3.63, 3.8) is 0 Å². The molecule has 16 nitrogen and oxygen atoms in total. The number of hydrogen-bond donors (Lipinski definition) is 4. The number of benzene rings is 8. The second-order valence-corrected chi connectivity index (χ2v) is 29.8. The summed E-state index contributed by atoms with van der Waals surface area (Å²) in [4.78, 5) is 50.5. The van der Waals surface area contributed by atoms with Crippen molar-refractivity contribution in [1.82, 2.24) is 0 Å². The molecule has 8 aromatic carbocycles. The van der Waals surface area contributed by atoms with E-state index in [9.17, 15) is 39.6 Å². The molecule has 10 rings (SSSR count). The second-order valence-electron chi connectivity index (χ2n) is 26.1. The molecule has 0 saturated carbocycles. The Morgan fingerprint density at radius 3 is 0.434 bits per heavy atom. The van der Waals surface area contributed by atoms with E-state index < -0.39 is 23.9 Å². The van der Waals surface area contributed by atoms with Crippen molar-refractivity contribution in [2.24, 2.45) is 0 Å². The van der Waals surface area contributed by atoms with Gasteiger partial charge in [-0.25, -0.2) is 19.2 Å². The Morgan fingerprint density at radius 2 is 0.340 bits per heavy atom. The fraction of sp³-hybridized carbons (Fsp3) is 0.381. The summed E-state index contributed by atoms with van der Waals surface area (Å²) in [6, 6.07) is 29.6. The van der Waals surface area contributed by atoms with Crippen LogP contribution in [0.1, 0.15) is 237 Å². The van der Waals surface area contributed by atoms with Gasteiger partial charge in [-0.1, -0.05) is 119 Å². The van der Waals surface area contributed by atoms with Gasteiger partial charge in [-0.2, -0.15) is 0 Å². The molecule has 2 radical (unpaired) electrons. The van der Waals surface area contributed by atoms with Crippen LogP contribution in [0, 0.1) is 0 Å². The predicted molar refractivity (Wildman–Crippen MR) is 419 cm³/mol. The Bertz CT molecular complexity index is 3690. The largest absolute Gasteiger partial charge is 0.493 e. The first-order valence-corrected chi connectivity index (χ1v) is 39.1. The van der Waals surface area contributed by atoms with Crippen LogP contribution in [0.5, 0.6) is 46.0 Å². The van der Waals surface area contributed by atoms with E-state index in [0.29, 0.717) is 150 Å². The zero-order chi connectivity index (χ0) is 74.7. The normalized spacial score (nSPS) is 12.0. The Morgan fingerprint density at radius 1 is 0.236 bits per heavy atom. The van der Waals surface area contributed by atoms with E-state index in [4.69, 9.17) is 37.9 Å². The van der Waals surface area contributed by atoms with Crippen molar-refractivity contribution in [2.45, 2.75) is 158 Å². The third kappa shape index (κ3) is 22.2. The molecule has 0 heterocycles.